The fraction of sp³-hybridized carbons (Fsp3) is 0.304. The fourth-order valence-electron chi connectivity index (χ4n) is 5.20. The quantitative estimate of drug-likeness (QED) is 0.423. The van der Waals surface area contributed by atoms with E-state index in [1.807, 2.05) is 35.1 Å². The molecule has 0 bridgehead atoms. The van der Waals surface area contributed by atoms with Crippen molar-refractivity contribution in [3.05, 3.63) is 59.3 Å². The summed E-state index contributed by atoms with van der Waals surface area (Å²) in [5.74, 6) is 1.11. The Labute approximate surface area is 207 Å². The van der Waals surface area contributed by atoms with Crippen LogP contribution in [0.3, 0.4) is 0 Å². The van der Waals surface area contributed by atoms with Gasteiger partial charge in [-0.25, -0.2) is 15.0 Å². The van der Waals surface area contributed by atoms with Crippen LogP contribution in [0.15, 0.2) is 52.8 Å². The molecule has 4 aromatic rings. The molecule has 0 aromatic carbocycles. The molecule has 1 unspecified atom stereocenters. The topological polar surface area (TPSA) is 111 Å². The van der Waals surface area contributed by atoms with Gasteiger partial charge in [0, 0.05) is 60.1 Å². The van der Waals surface area contributed by atoms with E-state index >= 15 is 0 Å². The maximum atomic E-state index is 6.72. The average molecular weight is 489 g/mol. The van der Waals surface area contributed by atoms with E-state index in [1.54, 1.807) is 6.20 Å². The van der Waals surface area contributed by atoms with Crippen LogP contribution >= 0.6 is 23.4 Å². The molecule has 0 saturated carbocycles. The van der Waals surface area contributed by atoms with Gasteiger partial charge in [0.25, 0.3) is 0 Å². The van der Waals surface area contributed by atoms with E-state index in [9.17, 15) is 0 Å². The van der Waals surface area contributed by atoms with Crippen LogP contribution in [-0.2, 0) is 6.42 Å². The smallest absolute Gasteiger partial charge is 0.211 e. The van der Waals surface area contributed by atoms with Gasteiger partial charge in [-0.2, -0.15) is 0 Å². The van der Waals surface area contributed by atoms with Crippen molar-refractivity contribution in [3.8, 4) is 0 Å². The third-order valence-electron chi connectivity index (χ3n) is 7.04. The van der Waals surface area contributed by atoms with Crippen LogP contribution in [0, 0.1) is 5.41 Å². The first kappa shape index (κ1) is 21.7. The summed E-state index contributed by atoms with van der Waals surface area (Å²) in [6.45, 7) is 1.70. The molecule has 6 rings (SSSR count). The zero-order valence-electron chi connectivity index (χ0n) is 18.4. The molecule has 34 heavy (non-hydrogen) atoms. The lowest BCUT2D eigenvalue weighted by Crippen LogP contribution is -2.45. The molecule has 2 radical (unpaired) electrons. The maximum absolute atomic E-state index is 6.72. The van der Waals surface area contributed by atoms with Crippen LogP contribution in [-0.4, -0.2) is 45.3 Å². The molecular formula is C23H22BClN8S. The molecule has 2 aliphatic rings. The van der Waals surface area contributed by atoms with E-state index in [4.69, 9.17) is 35.9 Å². The van der Waals surface area contributed by atoms with Crippen LogP contribution in [0.1, 0.15) is 30.1 Å². The van der Waals surface area contributed by atoms with Crippen molar-refractivity contribution in [1.29, 1.82) is 0 Å². The van der Waals surface area contributed by atoms with Crippen molar-refractivity contribution in [2.75, 3.05) is 23.7 Å². The molecule has 8 nitrogen and oxygen atoms in total. The largest absolute Gasteiger partial charge is 0.382 e. The van der Waals surface area contributed by atoms with Gasteiger partial charge in [0.1, 0.15) is 13.7 Å². The zero-order chi connectivity index (χ0) is 23.4. The summed E-state index contributed by atoms with van der Waals surface area (Å²) in [7, 11) is 6.10. The Kier molecular flexibility index (Phi) is 5.20. The highest BCUT2D eigenvalue weighted by molar-refractivity contribution is 7.99. The fourth-order valence-corrected chi connectivity index (χ4v) is 6.33. The predicted molar refractivity (Wildman–Crippen MR) is 135 cm³/mol. The van der Waals surface area contributed by atoms with Crippen LogP contribution in [0.25, 0.3) is 5.65 Å². The first-order valence-corrected chi connectivity index (χ1v) is 12.3. The second kappa shape index (κ2) is 8.14. The second-order valence-electron chi connectivity index (χ2n) is 8.94. The molecule has 11 heteroatoms. The Morgan fingerprint density at radius 3 is 2.74 bits per heavy atom. The normalized spacial score (nSPS) is 19.1. The monoisotopic (exact) mass is 488 g/mol. The highest BCUT2D eigenvalue weighted by Gasteiger charge is 2.46. The summed E-state index contributed by atoms with van der Waals surface area (Å²) in [5, 5.41) is 0.416. The number of halogens is 1. The number of hydrogen-bond acceptors (Lipinski definition) is 8. The van der Waals surface area contributed by atoms with Crippen LogP contribution < -0.4 is 22.0 Å². The Balaban J connectivity index is 1.28. The number of nitrogens with two attached hydrogens (primary N) is 2. The van der Waals surface area contributed by atoms with Crippen LogP contribution in [0.2, 0.25) is 5.02 Å². The van der Waals surface area contributed by atoms with E-state index in [2.05, 4.69) is 25.9 Å². The van der Waals surface area contributed by atoms with Gasteiger partial charge < -0.3 is 16.4 Å². The number of pyridine rings is 2. The molecule has 1 saturated heterocycles. The van der Waals surface area contributed by atoms with Crippen molar-refractivity contribution < 1.29 is 0 Å². The molecule has 4 aromatic heterocycles. The van der Waals surface area contributed by atoms with E-state index in [0.717, 1.165) is 59.4 Å². The molecule has 1 spiro atoms. The Morgan fingerprint density at radius 1 is 1.12 bits per heavy atom. The number of anilines is 2. The first-order chi connectivity index (χ1) is 16.4. The molecule has 1 atom stereocenters. The summed E-state index contributed by atoms with van der Waals surface area (Å²) < 4.78 is 1.96. The lowest BCUT2D eigenvalue weighted by molar-refractivity contribution is 0.186. The minimum absolute atomic E-state index is 0.0199. The van der Waals surface area contributed by atoms with E-state index in [1.165, 1.54) is 17.3 Å². The van der Waals surface area contributed by atoms with Gasteiger partial charge in [-0.1, -0.05) is 29.4 Å². The van der Waals surface area contributed by atoms with Crippen molar-refractivity contribution >= 4 is 54.2 Å². The number of nitrogens with zero attached hydrogens (tertiary/aromatic N) is 6. The first-order valence-electron chi connectivity index (χ1n) is 11.1. The van der Waals surface area contributed by atoms with Gasteiger partial charge in [0.05, 0.1) is 9.92 Å². The Hall–Kier alpha value is -2.82. The van der Waals surface area contributed by atoms with Crippen molar-refractivity contribution in [2.24, 2.45) is 11.1 Å². The number of piperidine rings is 1. The van der Waals surface area contributed by atoms with E-state index in [-0.39, 0.29) is 11.5 Å². The molecular weight excluding hydrogens is 467 g/mol. The highest BCUT2D eigenvalue weighted by Crippen LogP contribution is 2.50. The van der Waals surface area contributed by atoms with Crippen molar-refractivity contribution in [1.82, 2.24) is 24.3 Å². The molecule has 1 aliphatic heterocycles. The van der Waals surface area contributed by atoms with Crippen molar-refractivity contribution in [3.63, 3.8) is 0 Å². The molecule has 1 aliphatic carbocycles. The minimum atomic E-state index is 0.0199. The number of imidazole rings is 1. The van der Waals surface area contributed by atoms with Gasteiger partial charge in [-0.05, 0) is 42.4 Å². The highest BCUT2D eigenvalue weighted by atomic mass is 35.5. The summed E-state index contributed by atoms with van der Waals surface area (Å²) in [6.07, 6.45) is 10.0. The Bertz CT molecular complexity index is 1400. The third-order valence-corrected chi connectivity index (χ3v) is 8.62. The SMILES string of the molecule is [B]c1cn2c(N3CCC4(CC3)Cc3ncccc3C4N)ncc(Sc3ccnc(N)c3Cl)c2n1. The summed E-state index contributed by atoms with van der Waals surface area (Å²) in [6, 6.07) is 5.94. The van der Waals surface area contributed by atoms with Gasteiger partial charge >= 0.3 is 0 Å². The van der Waals surface area contributed by atoms with Gasteiger partial charge in [-0.15, -0.1) is 0 Å². The van der Waals surface area contributed by atoms with Gasteiger partial charge in [0.15, 0.2) is 5.65 Å². The summed E-state index contributed by atoms with van der Waals surface area (Å²) in [4.78, 5) is 21.9. The number of fused-ring (bicyclic) bond motifs is 2. The van der Waals surface area contributed by atoms with E-state index < -0.39 is 0 Å². The molecule has 170 valence electrons. The Morgan fingerprint density at radius 2 is 1.94 bits per heavy atom. The molecule has 0 amide bonds. The number of nitrogen functional groups attached to an aromatic ring is 1. The molecule has 4 N–H and O–H groups in total. The number of aromatic nitrogens is 5. The standard InChI is InChI=1S/C23H22BClN8S/c24-17-12-33-21(31-17)16(34-15-3-7-29-20(27)18(15)25)11-30-22(33)32-8-4-23(5-9-32)10-14-13(19(23)26)2-1-6-28-14/h1-3,6-7,11-12,19H,4-5,8-10,26H2,(H2,27,29). The summed E-state index contributed by atoms with van der Waals surface area (Å²) in [5.41, 5.74) is 16.1. The molecule has 1 fully saturated rings. The lowest BCUT2D eigenvalue weighted by Gasteiger charge is -2.42. The van der Waals surface area contributed by atoms with Crippen molar-refractivity contribution in [2.45, 2.75) is 35.1 Å². The average Bonchev–Trinajstić information content (AvgIpc) is 3.36. The van der Waals surface area contributed by atoms with E-state index in [0.29, 0.717) is 16.4 Å². The maximum Gasteiger partial charge on any atom is 0.211 e. The minimum Gasteiger partial charge on any atom is -0.382 e. The third kappa shape index (κ3) is 3.43. The number of rotatable bonds is 3. The zero-order valence-corrected chi connectivity index (χ0v) is 19.9. The molecule has 5 heterocycles. The lowest BCUT2D eigenvalue weighted by atomic mass is 9.73. The summed E-state index contributed by atoms with van der Waals surface area (Å²) >= 11 is 7.79. The van der Waals surface area contributed by atoms with Gasteiger partial charge in [-0.3, -0.25) is 9.38 Å². The van der Waals surface area contributed by atoms with Crippen LogP contribution in [0.5, 0.6) is 0 Å². The number of hydrogen-bond donors (Lipinski definition) is 2. The predicted octanol–water partition coefficient (Wildman–Crippen LogP) is 2.54. The van der Waals surface area contributed by atoms with Crippen LogP contribution in [0.4, 0.5) is 11.8 Å². The second-order valence-corrected chi connectivity index (χ2v) is 10.4. The van der Waals surface area contributed by atoms with Gasteiger partial charge in [0.2, 0.25) is 5.95 Å².